The van der Waals surface area contributed by atoms with E-state index in [0.29, 0.717) is 6.54 Å². The standard InChI is InChI=1S/C9H16FNO/c1-9(6-12-7-9)11-4-2-3-8(10)5-11/h8H,2-7H2,1H3. The SMILES string of the molecule is CC1(N2CCCC(F)C2)COC1. The Bertz CT molecular complexity index is 170. The minimum absolute atomic E-state index is 0.144. The molecule has 0 N–H and O–H groups in total. The number of halogens is 1. The largest absolute Gasteiger partial charge is 0.377 e. The summed E-state index contributed by atoms with van der Waals surface area (Å²) in [5, 5.41) is 0. The zero-order valence-corrected chi connectivity index (χ0v) is 7.55. The first-order chi connectivity index (χ1) is 5.71. The number of likely N-dealkylation sites (tertiary alicyclic amines) is 1. The molecule has 0 spiro atoms. The minimum atomic E-state index is -0.615. The molecule has 2 saturated heterocycles. The van der Waals surface area contributed by atoms with E-state index in [-0.39, 0.29) is 5.54 Å². The van der Waals surface area contributed by atoms with Crippen LogP contribution in [0.2, 0.25) is 0 Å². The van der Waals surface area contributed by atoms with Crippen molar-refractivity contribution in [1.29, 1.82) is 0 Å². The number of alkyl halides is 1. The van der Waals surface area contributed by atoms with Crippen LogP contribution in [-0.4, -0.2) is 42.9 Å². The highest BCUT2D eigenvalue weighted by Gasteiger charge is 2.41. The molecule has 2 fully saturated rings. The van der Waals surface area contributed by atoms with Crippen molar-refractivity contribution in [3.05, 3.63) is 0 Å². The van der Waals surface area contributed by atoms with Gasteiger partial charge in [-0.15, -0.1) is 0 Å². The summed E-state index contributed by atoms with van der Waals surface area (Å²) in [5.74, 6) is 0. The van der Waals surface area contributed by atoms with Crippen LogP contribution in [-0.2, 0) is 4.74 Å². The van der Waals surface area contributed by atoms with Gasteiger partial charge in [-0.1, -0.05) is 0 Å². The molecule has 2 nitrogen and oxygen atoms in total. The number of hydrogen-bond donors (Lipinski definition) is 0. The molecule has 2 heterocycles. The van der Waals surface area contributed by atoms with Gasteiger partial charge in [0, 0.05) is 6.54 Å². The van der Waals surface area contributed by atoms with Gasteiger partial charge in [0.15, 0.2) is 0 Å². The normalized spacial score (nSPS) is 36.0. The van der Waals surface area contributed by atoms with E-state index in [1.54, 1.807) is 0 Å². The third kappa shape index (κ3) is 1.36. The van der Waals surface area contributed by atoms with Crippen molar-refractivity contribution in [2.24, 2.45) is 0 Å². The summed E-state index contributed by atoms with van der Waals surface area (Å²) in [4.78, 5) is 2.24. The van der Waals surface area contributed by atoms with Gasteiger partial charge in [0.05, 0.1) is 18.8 Å². The summed E-state index contributed by atoms with van der Waals surface area (Å²) in [6.07, 6.45) is 1.13. The van der Waals surface area contributed by atoms with E-state index < -0.39 is 6.17 Å². The zero-order chi connectivity index (χ0) is 8.60. The molecule has 3 heteroatoms. The molecule has 0 radical (unpaired) electrons. The minimum Gasteiger partial charge on any atom is -0.377 e. The van der Waals surface area contributed by atoms with Gasteiger partial charge in [0.2, 0.25) is 0 Å². The number of piperidine rings is 1. The second-order valence-corrected chi connectivity index (χ2v) is 4.18. The van der Waals surface area contributed by atoms with Gasteiger partial charge in [0.1, 0.15) is 6.17 Å². The molecule has 0 saturated carbocycles. The van der Waals surface area contributed by atoms with E-state index >= 15 is 0 Å². The predicted molar refractivity (Wildman–Crippen MR) is 44.9 cm³/mol. The second-order valence-electron chi connectivity index (χ2n) is 4.18. The molecule has 2 rings (SSSR count). The fourth-order valence-corrected chi connectivity index (χ4v) is 2.00. The summed E-state index contributed by atoms with van der Waals surface area (Å²) in [5.41, 5.74) is 0.144. The molecule has 0 amide bonds. The van der Waals surface area contributed by atoms with Crippen molar-refractivity contribution < 1.29 is 9.13 Å². The molecule has 70 valence electrons. The topological polar surface area (TPSA) is 12.5 Å². The van der Waals surface area contributed by atoms with E-state index in [4.69, 9.17) is 4.74 Å². The lowest BCUT2D eigenvalue weighted by Gasteiger charge is -2.49. The Morgan fingerprint density at radius 3 is 2.75 bits per heavy atom. The van der Waals surface area contributed by atoms with E-state index in [1.807, 2.05) is 0 Å². The van der Waals surface area contributed by atoms with Crippen molar-refractivity contribution in [3.63, 3.8) is 0 Å². The van der Waals surface area contributed by atoms with Crippen molar-refractivity contribution >= 4 is 0 Å². The first kappa shape index (κ1) is 8.45. The van der Waals surface area contributed by atoms with Crippen LogP contribution >= 0.6 is 0 Å². The highest BCUT2D eigenvalue weighted by molar-refractivity contribution is 4.94. The van der Waals surface area contributed by atoms with Crippen molar-refractivity contribution in [3.8, 4) is 0 Å². The third-order valence-electron chi connectivity index (χ3n) is 2.95. The highest BCUT2D eigenvalue weighted by Crippen LogP contribution is 2.28. The van der Waals surface area contributed by atoms with Gasteiger partial charge in [-0.3, -0.25) is 4.90 Å². The molecule has 1 atom stereocenters. The number of rotatable bonds is 1. The van der Waals surface area contributed by atoms with Crippen molar-refractivity contribution in [2.45, 2.75) is 31.5 Å². The smallest absolute Gasteiger partial charge is 0.113 e. The van der Waals surface area contributed by atoms with E-state index in [1.165, 1.54) is 0 Å². The third-order valence-corrected chi connectivity index (χ3v) is 2.95. The van der Waals surface area contributed by atoms with Gasteiger partial charge in [-0.25, -0.2) is 4.39 Å². The van der Waals surface area contributed by atoms with Gasteiger partial charge < -0.3 is 4.74 Å². The summed E-state index contributed by atoms with van der Waals surface area (Å²) in [7, 11) is 0. The maximum atomic E-state index is 13.0. The Balaban J connectivity index is 1.94. The molecule has 12 heavy (non-hydrogen) atoms. The number of ether oxygens (including phenoxy) is 1. The van der Waals surface area contributed by atoms with Gasteiger partial charge >= 0.3 is 0 Å². The first-order valence-electron chi connectivity index (χ1n) is 4.68. The van der Waals surface area contributed by atoms with Crippen molar-refractivity contribution in [1.82, 2.24) is 4.90 Å². The summed E-state index contributed by atoms with van der Waals surface area (Å²) in [6, 6.07) is 0. The Morgan fingerprint density at radius 2 is 2.25 bits per heavy atom. The predicted octanol–water partition coefficient (Wildman–Crippen LogP) is 1.21. The van der Waals surface area contributed by atoms with E-state index in [9.17, 15) is 4.39 Å². The zero-order valence-electron chi connectivity index (χ0n) is 7.55. The quantitative estimate of drug-likeness (QED) is 0.591. The summed E-state index contributed by atoms with van der Waals surface area (Å²) in [6.45, 7) is 5.37. The average Bonchev–Trinajstić information content (AvgIpc) is 2.00. The number of nitrogens with zero attached hydrogens (tertiary/aromatic N) is 1. The van der Waals surface area contributed by atoms with Crippen LogP contribution in [0.15, 0.2) is 0 Å². The lowest BCUT2D eigenvalue weighted by Crippen LogP contribution is -2.62. The van der Waals surface area contributed by atoms with Crippen LogP contribution in [0.1, 0.15) is 19.8 Å². The van der Waals surface area contributed by atoms with Gasteiger partial charge in [-0.2, -0.15) is 0 Å². The maximum absolute atomic E-state index is 13.0. The molecule has 0 aromatic carbocycles. The average molecular weight is 173 g/mol. The molecule has 2 aliphatic heterocycles. The number of hydrogen-bond acceptors (Lipinski definition) is 2. The summed E-state index contributed by atoms with van der Waals surface area (Å²) < 4.78 is 18.2. The molecular formula is C9H16FNO. The monoisotopic (exact) mass is 173 g/mol. The second kappa shape index (κ2) is 2.96. The van der Waals surface area contributed by atoms with E-state index in [0.717, 1.165) is 32.6 Å². The van der Waals surface area contributed by atoms with Gasteiger partial charge in [-0.05, 0) is 26.3 Å². The molecule has 0 aromatic heterocycles. The molecule has 0 bridgehead atoms. The Hall–Kier alpha value is -0.150. The molecule has 0 aliphatic carbocycles. The highest BCUT2D eigenvalue weighted by atomic mass is 19.1. The Labute approximate surface area is 72.7 Å². The maximum Gasteiger partial charge on any atom is 0.113 e. The Kier molecular flexibility index (Phi) is 2.09. The van der Waals surface area contributed by atoms with Gasteiger partial charge in [0.25, 0.3) is 0 Å². The van der Waals surface area contributed by atoms with Crippen LogP contribution < -0.4 is 0 Å². The van der Waals surface area contributed by atoms with Crippen LogP contribution in [0, 0.1) is 0 Å². The fraction of sp³-hybridized carbons (Fsp3) is 1.00. The van der Waals surface area contributed by atoms with Crippen LogP contribution in [0.4, 0.5) is 4.39 Å². The van der Waals surface area contributed by atoms with Crippen LogP contribution in [0.25, 0.3) is 0 Å². The lowest BCUT2D eigenvalue weighted by molar-refractivity contribution is -0.141. The molecule has 0 aromatic rings. The molecule has 1 unspecified atom stereocenters. The fourth-order valence-electron chi connectivity index (χ4n) is 2.00. The summed E-state index contributed by atoms with van der Waals surface area (Å²) >= 11 is 0. The van der Waals surface area contributed by atoms with Crippen molar-refractivity contribution in [2.75, 3.05) is 26.3 Å². The van der Waals surface area contributed by atoms with Crippen LogP contribution in [0.3, 0.4) is 0 Å². The van der Waals surface area contributed by atoms with E-state index in [2.05, 4.69) is 11.8 Å². The first-order valence-corrected chi connectivity index (χ1v) is 4.68. The molecule has 2 aliphatic rings. The van der Waals surface area contributed by atoms with Crippen LogP contribution in [0.5, 0.6) is 0 Å². The molecular weight excluding hydrogens is 157 g/mol. The lowest BCUT2D eigenvalue weighted by atomic mass is 9.94. The Morgan fingerprint density at radius 1 is 1.50 bits per heavy atom.